The fourth-order valence-electron chi connectivity index (χ4n) is 3.67. The lowest BCUT2D eigenvalue weighted by atomic mass is 9.89. The summed E-state index contributed by atoms with van der Waals surface area (Å²) in [6.07, 6.45) is 3.30. The number of rotatable bonds is 1. The van der Waals surface area contributed by atoms with E-state index >= 15 is 0 Å². The lowest BCUT2D eigenvalue weighted by molar-refractivity contribution is 0.104. The molecule has 1 saturated heterocycles. The summed E-state index contributed by atoms with van der Waals surface area (Å²) in [7, 11) is 0. The zero-order chi connectivity index (χ0) is 18.8. The van der Waals surface area contributed by atoms with Crippen molar-refractivity contribution in [2.45, 2.75) is 30.4 Å². The molecule has 0 atom stereocenters. The van der Waals surface area contributed by atoms with Crippen LogP contribution in [0.4, 0.5) is 4.79 Å². The summed E-state index contributed by atoms with van der Waals surface area (Å²) in [5.74, 6) is 0.877. The third kappa shape index (κ3) is 3.71. The lowest BCUT2D eigenvalue weighted by Crippen LogP contribution is -2.37. The van der Waals surface area contributed by atoms with E-state index in [2.05, 4.69) is 12.1 Å². The van der Waals surface area contributed by atoms with Crippen LogP contribution in [-0.2, 0) is 10.5 Å². The molecule has 6 heteroatoms. The molecule has 0 spiro atoms. The van der Waals surface area contributed by atoms with Crippen LogP contribution in [0, 0.1) is 0 Å². The van der Waals surface area contributed by atoms with Crippen LogP contribution in [0.5, 0.6) is 0 Å². The van der Waals surface area contributed by atoms with Gasteiger partial charge in [-0.2, -0.15) is 0 Å². The van der Waals surface area contributed by atoms with Crippen LogP contribution in [0.3, 0.4) is 0 Å². The first-order valence-electron chi connectivity index (χ1n) is 9.18. The van der Waals surface area contributed by atoms with Crippen LogP contribution in [0.25, 0.3) is 5.57 Å². The van der Waals surface area contributed by atoms with Crippen LogP contribution in [-0.4, -0.2) is 35.7 Å². The van der Waals surface area contributed by atoms with E-state index in [0.717, 1.165) is 29.3 Å². The molecule has 4 rings (SSSR count). The molecule has 0 unspecified atom stereocenters. The second kappa shape index (κ2) is 7.95. The number of thioether (sulfide) groups is 1. The predicted molar refractivity (Wildman–Crippen MR) is 109 cm³/mol. The number of halogens is 1. The van der Waals surface area contributed by atoms with Crippen LogP contribution < -0.4 is 0 Å². The largest absolute Gasteiger partial charge is 0.450 e. The maximum atomic E-state index is 12.0. The number of nitrogens with zero attached hydrogens (tertiary/aromatic N) is 2. The molecule has 0 radical (unpaired) electrons. The zero-order valence-electron chi connectivity index (χ0n) is 15.2. The van der Waals surface area contributed by atoms with Crippen molar-refractivity contribution in [2.75, 3.05) is 19.7 Å². The van der Waals surface area contributed by atoms with Crippen LogP contribution >= 0.6 is 23.4 Å². The van der Waals surface area contributed by atoms with Crippen molar-refractivity contribution in [3.8, 4) is 0 Å². The minimum atomic E-state index is -0.219. The van der Waals surface area contributed by atoms with Gasteiger partial charge in [0.15, 0.2) is 0 Å². The fourth-order valence-corrected chi connectivity index (χ4v) is 4.98. The number of likely N-dealkylation sites (tertiary alicyclic amines) is 1. The molecule has 2 aromatic rings. The maximum absolute atomic E-state index is 12.0. The molecular weight excluding hydrogens is 380 g/mol. The highest BCUT2D eigenvalue weighted by molar-refractivity contribution is 7.98. The summed E-state index contributed by atoms with van der Waals surface area (Å²) in [5.41, 5.74) is 6.06. The Morgan fingerprint density at radius 2 is 2.11 bits per heavy atom. The molecular formula is C21H21ClN2O2S. The molecule has 2 aliphatic heterocycles. The molecule has 3 heterocycles. The number of ether oxygens (including phenoxy) is 1. The predicted octanol–water partition coefficient (Wildman–Crippen LogP) is 5.39. The van der Waals surface area contributed by atoms with Crippen molar-refractivity contribution in [1.29, 1.82) is 0 Å². The molecule has 1 amide bonds. The third-order valence-electron chi connectivity index (χ3n) is 4.97. The van der Waals surface area contributed by atoms with Gasteiger partial charge in [-0.15, -0.1) is 11.8 Å². The average molecular weight is 401 g/mol. The van der Waals surface area contributed by atoms with Crippen LogP contribution in [0.2, 0.25) is 5.02 Å². The number of amides is 1. The Kier molecular flexibility index (Phi) is 5.41. The molecule has 2 aliphatic rings. The zero-order valence-corrected chi connectivity index (χ0v) is 16.8. The van der Waals surface area contributed by atoms with Crippen LogP contribution in [0.15, 0.2) is 47.0 Å². The first-order valence-corrected chi connectivity index (χ1v) is 10.5. The van der Waals surface area contributed by atoms with E-state index < -0.39 is 0 Å². The number of hydrogen-bond donors (Lipinski definition) is 0. The number of fused-ring (bicyclic) bond motifs is 2. The number of aromatic nitrogens is 1. The van der Waals surface area contributed by atoms with Crippen molar-refractivity contribution in [2.24, 2.45) is 0 Å². The summed E-state index contributed by atoms with van der Waals surface area (Å²) in [6, 6.07) is 10.2. The Balaban J connectivity index is 1.76. The molecule has 0 saturated carbocycles. The number of benzene rings is 1. The first kappa shape index (κ1) is 18.4. The molecule has 0 bridgehead atoms. The van der Waals surface area contributed by atoms with E-state index in [9.17, 15) is 4.79 Å². The molecule has 27 heavy (non-hydrogen) atoms. The van der Waals surface area contributed by atoms with Gasteiger partial charge >= 0.3 is 6.09 Å². The maximum Gasteiger partial charge on any atom is 0.409 e. The molecule has 4 nitrogen and oxygen atoms in total. The van der Waals surface area contributed by atoms with Gasteiger partial charge in [-0.05, 0) is 49.1 Å². The molecule has 0 N–H and O–H groups in total. The monoisotopic (exact) mass is 400 g/mol. The standard InChI is InChI=1S/C21H21ClN2O2S/c1-2-26-21(25)24-10-7-14(8-11-24)19-17-6-5-16(22)12-18(17)27-13-15-4-3-9-23-20(15)19/h3-6,9,12H,2,7-8,10-11,13H2,1H3. The normalized spacial score (nSPS) is 16.4. The number of piperidine rings is 1. The van der Waals surface area contributed by atoms with Gasteiger partial charge in [-0.25, -0.2) is 4.79 Å². The summed E-state index contributed by atoms with van der Waals surface area (Å²) >= 11 is 8.06. The smallest absolute Gasteiger partial charge is 0.409 e. The van der Waals surface area contributed by atoms with Gasteiger partial charge < -0.3 is 9.64 Å². The Hall–Kier alpha value is -1.98. The van der Waals surface area contributed by atoms with Gasteiger partial charge in [0.05, 0.1) is 12.3 Å². The fraction of sp³-hybridized carbons (Fsp3) is 0.333. The summed E-state index contributed by atoms with van der Waals surface area (Å²) in [4.78, 5) is 19.7. The van der Waals surface area contributed by atoms with Crippen LogP contribution in [0.1, 0.15) is 36.6 Å². The minimum absolute atomic E-state index is 0.219. The molecule has 140 valence electrons. The topological polar surface area (TPSA) is 42.4 Å². The summed E-state index contributed by atoms with van der Waals surface area (Å²) < 4.78 is 5.15. The second-order valence-electron chi connectivity index (χ2n) is 6.60. The Bertz CT molecular complexity index is 903. The van der Waals surface area contributed by atoms with Crippen molar-refractivity contribution in [3.63, 3.8) is 0 Å². The summed E-state index contributed by atoms with van der Waals surface area (Å²) in [6.45, 7) is 3.60. The lowest BCUT2D eigenvalue weighted by Gasteiger charge is -2.29. The molecule has 0 aliphatic carbocycles. The van der Waals surface area contributed by atoms with Crippen molar-refractivity contribution in [3.05, 3.63) is 63.9 Å². The Morgan fingerprint density at radius 1 is 1.30 bits per heavy atom. The van der Waals surface area contributed by atoms with E-state index in [1.165, 1.54) is 27.2 Å². The van der Waals surface area contributed by atoms with E-state index in [-0.39, 0.29) is 6.09 Å². The number of carbonyl (C=O) groups is 1. The van der Waals surface area contributed by atoms with E-state index in [4.69, 9.17) is 21.3 Å². The van der Waals surface area contributed by atoms with E-state index in [1.807, 2.05) is 31.3 Å². The second-order valence-corrected chi connectivity index (χ2v) is 8.06. The molecule has 1 fully saturated rings. The number of hydrogen-bond acceptors (Lipinski definition) is 4. The Labute approximate surface area is 168 Å². The van der Waals surface area contributed by atoms with Gasteiger partial charge in [0.1, 0.15) is 0 Å². The average Bonchev–Trinajstić information content (AvgIpc) is 2.85. The van der Waals surface area contributed by atoms with Crippen molar-refractivity contribution >= 4 is 35.0 Å². The van der Waals surface area contributed by atoms with Gasteiger partial charge in [-0.1, -0.05) is 29.3 Å². The molecule has 1 aromatic carbocycles. The number of pyridine rings is 1. The highest BCUT2D eigenvalue weighted by Gasteiger charge is 2.27. The van der Waals surface area contributed by atoms with Gasteiger partial charge in [0.2, 0.25) is 0 Å². The number of carbonyl (C=O) groups excluding carboxylic acids is 1. The van der Waals surface area contributed by atoms with Gasteiger partial charge in [0.25, 0.3) is 0 Å². The SMILES string of the molecule is CCOC(=O)N1CCC(=C2c3ccc(Cl)cc3SCc3cccnc32)CC1. The molecule has 1 aromatic heterocycles. The van der Waals surface area contributed by atoms with Crippen molar-refractivity contribution < 1.29 is 9.53 Å². The minimum Gasteiger partial charge on any atom is -0.450 e. The van der Waals surface area contributed by atoms with Crippen molar-refractivity contribution in [1.82, 2.24) is 9.88 Å². The van der Waals surface area contributed by atoms with E-state index in [0.29, 0.717) is 19.7 Å². The highest BCUT2D eigenvalue weighted by atomic mass is 35.5. The third-order valence-corrected chi connectivity index (χ3v) is 6.31. The van der Waals surface area contributed by atoms with Gasteiger partial charge in [0, 0.05) is 40.5 Å². The van der Waals surface area contributed by atoms with E-state index in [1.54, 1.807) is 16.7 Å². The quantitative estimate of drug-likeness (QED) is 0.643. The van der Waals surface area contributed by atoms with Gasteiger partial charge in [-0.3, -0.25) is 4.98 Å². The highest BCUT2D eigenvalue weighted by Crippen LogP contribution is 2.43. The summed E-state index contributed by atoms with van der Waals surface area (Å²) in [5, 5.41) is 0.752. The first-order chi connectivity index (χ1) is 13.2. The Morgan fingerprint density at radius 3 is 2.89 bits per heavy atom.